The highest BCUT2D eigenvalue weighted by Gasteiger charge is 2.14. The van der Waals surface area contributed by atoms with Crippen molar-refractivity contribution in [3.63, 3.8) is 0 Å². The van der Waals surface area contributed by atoms with Crippen LogP contribution < -0.4 is 15.4 Å². The number of nitrogens with one attached hydrogen (secondary N) is 2. The number of amides is 1. The molecule has 1 heterocycles. The molecule has 0 aliphatic rings. The molecule has 0 saturated heterocycles. The number of benzene rings is 2. The number of rotatable bonds is 10. The zero-order chi connectivity index (χ0) is 21.3. The standard InChI is InChI=1S/C22H25FN4O2S/c1-3-5-18(25-21(28)16-8-10-19(29-2)11-9-16)14-24-22-26-20(27-30-22)13-15-6-4-7-17(23)12-15/h4,6-12,18H,3,5,13-14H2,1-2H3,(H,25,28)(H,24,26,27). The summed E-state index contributed by atoms with van der Waals surface area (Å²) in [5.74, 6) is 0.962. The SMILES string of the molecule is CCCC(CNc1nc(Cc2cccc(F)c2)ns1)NC(=O)c1ccc(OC)cc1. The van der Waals surface area contributed by atoms with E-state index in [4.69, 9.17) is 4.74 Å². The molecule has 158 valence electrons. The van der Waals surface area contributed by atoms with E-state index in [9.17, 15) is 9.18 Å². The maximum Gasteiger partial charge on any atom is 0.251 e. The Labute approximate surface area is 179 Å². The molecule has 0 spiro atoms. The second-order valence-corrected chi connectivity index (χ2v) is 7.64. The summed E-state index contributed by atoms with van der Waals surface area (Å²) in [6.45, 7) is 2.62. The van der Waals surface area contributed by atoms with Gasteiger partial charge in [0.15, 0.2) is 0 Å². The molecule has 0 aliphatic carbocycles. The van der Waals surface area contributed by atoms with Crippen LogP contribution in [0.3, 0.4) is 0 Å². The fraction of sp³-hybridized carbons (Fsp3) is 0.318. The van der Waals surface area contributed by atoms with Crippen LogP contribution in [-0.4, -0.2) is 35.0 Å². The second kappa shape index (κ2) is 10.7. The van der Waals surface area contributed by atoms with Crippen molar-refractivity contribution in [1.82, 2.24) is 14.7 Å². The van der Waals surface area contributed by atoms with Gasteiger partial charge in [-0.2, -0.15) is 4.37 Å². The van der Waals surface area contributed by atoms with E-state index in [0.29, 0.717) is 35.2 Å². The lowest BCUT2D eigenvalue weighted by Gasteiger charge is -2.18. The summed E-state index contributed by atoms with van der Waals surface area (Å²) in [5, 5.41) is 7.01. The number of ether oxygens (including phenoxy) is 1. The maximum absolute atomic E-state index is 13.3. The first-order chi connectivity index (χ1) is 14.6. The van der Waals surface area contributed by atoms with Gasteiger partial charge < -0.3 is 15.4 Å². The summed E-state index contributed by atoms with van der Waals surface area (Å²) in [6.07, 6.45) is 2.25. The monoisotopic (exact) mass is 428 g/mol. The third kappa shape index (κ3) is 6.25. The predicted octanol–water partition coefficient (Wildman–Crippen LogP) is 4.29. The van der Waals surface area contributed by atoms with Crippen molar-refractivity contribution in [3.8, 4) is 5.75 Å². The number of nitrogens with zero attached hydrogens (tertiary/aromatic N) is 2. The number of hydrogen-bond acceptors (Lipinski definition) is 6. The van der Waals surface area contributed by atoms with Crippen LogP contribution >= 0.6 is 11.5 Å². The van der Waals surface area contributed by atoms with Crippen molar-refractivity contribution in [3.05, 3.63) is 71.3 Å². The predicted molar refractivity (Wildman–Crippen MR) is 117 cm³/mol. The Kier molecular flexibility index (Phi) is 7.73. The molecule has 0 aliphatic heterocycles. The Morgan fingerprint density at radius 1 is 1.23 bits per heavy atom. The number of anilines is 1. The molecule has 8 heteroatoms. The van der Waals surface area contributed by atoms with Crippen molar-refractivity contribution in [1.29, 1.82) is 0 Å². The van der Waals surface area contributed by atoms with Gasteiger partial charge in [-0.3, -0.25) is 4.79 Å². The smallest absolute Gasteiger partial charge is 0.251 e. The molecular formula is C22H25FN4O2S. The Morgan fingerprint density at radius 3 is 2.73 bits per heavy atom. The number of carbonyl (C=O) groups excluding carboxylic acids is 1. The van der Waals surface area contributed by atoms with Crippen LogP contribution in [0.25, 0.3) is 0 Å². The van der Waals surface area contributed by atoms with Crippen LogP contribution in [0.4, 0.5) is 9.52 Å². The van der Waals surface area contributed by atoms with Crippen molar-refractivity contribution in [2.75, 3.05) is 19.0 Å². The Bertz CT molecular complexity index is 962. The molecule has 1 aromatic heterocycles. The molecule has 1 unspecified atom stereocenters. The van der Waals surface area contributed by atoms with E-state index in [1.54, 1.807) is 37.4 Å². The lowest BCUT2D eigenvalue weighted by atomic mass is 10.1. The normalized spacial score (nSPS) is 11.7. The molecule has 3 aromatic rings. The van der Waals surface area contributed by atoms with E-state index in [-0.39, 0.29) is 17.8 Å². The first kappa shape index (κ1) is 21.7. The van der Waals surface area contributed by atoms with Crippen molar-refractivity contribution in [2.24, 2.45) is 0 Å². The van der Waals surface area contributed by atoms with E-state index >= 15 is 0 Å². The zero-order valence-electron chi connectivity index (χ0n) is 17.0. The summed E-state index contributed by atoms with van der Waals surface area (Å²) in [6, 6.07) is 13.4. The summed E-state index contributed by atoms with van der Waals surface area (Å²) >= 11 is 1.26. The van der Waals surface area contributed by atoms with Crippen molar-refractivity contribution < 1.29 is 13.9 Å². The fourth-order valence-corrected chi connectivity index (χ4v) is 3.61. The van der Waals surface area contributed by atoms with Crippen molar-refractivity contribution >= 4 is 22.6 Å². The Morgan fingerprint density at radius 2 is 2.03 bits per heavy atom. The minimum absolute atomic E-state index is 0.0415. The van der Waals surface area contributed by atoms with Gasteiger partial charge in [-0.15, -0.1) is 0 Å². The fourth-order valence-electron chi connectivity index (χ4n) is 3.02. The van der Waals surface area contributed by atoms with E-state index < -0.39 is 0 Å². The summed E-state index contributed by atoms with van der Waals surface area (Å²) in [5.41, 5.74) is 1.42. The van der Waals surface area contributed by atoms with Gasteiger partial charge in [0.05, 0.1) is 7.11 Å². The van der Waals surface area contributed by atoms with Crippen LogP contribution in [0.1, 0.15) is 41.5 Å². The Balaban J connectivity index is 1.55. The quantitative estimate of drug-likeness (QED) is 0.504. The second-order valence-electron chi connectivity index (χ2n) is 6.89. The van der Waals surface area contributed by atoms with Crippen LogP contribution in [0.2, 0.25) is 0 Å². The van der Waals surface area contributed by atoms with Crippen LogP contribution in [0.5, 0.6) is 5.75 Å². The molecular weight excluding hydrogens is 403 g/mol. The third-order valence-corrected chi connectivity index (χ3v) is 5.25. The average Bonchev–Trinajstić information content (AvgIpc) is 3.19. The third-order valence-electron chi connectivity index (χ3n) is 4.54. The first-order valence-corrected chi connectivity index (χ1v) is 10.6. The van der Waals surface area contributed by atoms with E-state index in [1.807, 2.05) is 6.07 Å². The van der Waals surface area contributed by atoms with Gasteiger partial charge >= 0.3 is 0 Å². The van der Waals surface area contributed by atoms with Gasteiger partial charge in [0, 0.05) is 36.1 Å². The molecule has 1 amide bonds. The van der Waals surface area contributed by atoms with E-state index in [1.165, 1.54) is 23.7 Å². The van der Waals surface area contributed by atoms with Gasteiger partial charge in [-0.05, 0) is 48.4 Å². The van der Waals surface area contributed by atoms with E-state index in [2.05, 4.69) is 26.9 Å². The summed E-state index contributed by atoms with van der Waals surface area (Å²) in [4.78, 5) is 17.0. The highest BCUT2D eigenvalue weighted by atomic mass is 32.1. The number of halogens is 1. The topological polar surface area (TPSA) is 76.1 Å². The van der Waals surface area contributed by atoms with Crippen LogP contribution in [-0.2, 0) is 6.42 Å². The summed E-state index contributed by atoms with van der Waals surface area (Å²) < 4.78 is 22.8. The average molecular weight is 429 g/mol. The highest BCUT2D eigenvalue weighted by molar-refractivity contribution is 7.09. The number of aromatic nitrogens is 2. The molecule has 3 rings (SSSR count). The molecule has 1 atom stereocenters. The molecule has 2 aromatic carbocycles. The van der Waals surface area contributed by atoms with Crippen LogP contribution in [0.15, 0.2) is 48.5 Å². The van der Waals surface area contributed by atoms with Gasteiger partial charge in [0.1, 0.15) is 17.4 Å². The molecule has 0 radical (unpaired) electrons. The van der Waals surface area contributed by atoms with E-state index in [0.717, 1.165) is 18.4 Å². The van der Waals surface area contributed by atoms with Gasteiger partial charge in [0.25, 0.3) is 5.91 Å². The number of hydrogen-bond donors (Lipinski definition) is 2. The lowest BCUT2D eigenvalue weighted by molar-refractivity contribution is 0.0937. The molecule has 30 heavy (non-hydrogen) atoms. The molecule has 2 N–H and O–H groups in total. The zero-order valence-corrected chi connectivity index (χ0v) is 17.8. The molecule has 0 fully saturated rings. The largest absolute Gasteiger partial charge is 0.497 e. The molecule has 6 nitrogen and oxygen atoms in total. The highest BCUT2D eigenvalue weighted by Crippen LogP contribution is 2.16. The van der Waals surface area contributed by atoms with Crippen LogP contribution in [0, 0.1) is 5.82 Å². The first-order valence-electron chi connectivity index (χ1n) is 9.83. The number of carbonyl (C=O) groups is 1. The maximum atomic E-state index is 13.3. The summed E-state index contributed by atoms with van der Waals surface area (Å²) in [7, 11) is 1.59. The molecule has 0 bridgehead atoms. The Hall–Kier alpha value is -3.00. The lowest BCUT2D eigenvalue weighted by Crippen LogP contribution is -2.39. The number of methoxy groups -OCH3 is 1. The van der Waals surface area contributed by atoms with Gasteiger partial charge in [0.2, 0.25) is 5.13 Å². The molecule has 0 saturated carbocycles. The van der Waals surface area contributed by atoms with Crippen molar-refractivity contribution in [2.45, 2.75) is 32.2 Å². The van der Waals surface area contributed by atoms with Gasteiger partial charge in [-0.25, -0.2) is 9.37 Å². The minimum atomic E-state index is -0.268. The van der Waals surface area contributed by atoms with Gasteiger partial charge in [-0.1, -0.05) is 25.5 Å². The minimum Gasteiger partial charge on any atom is -0.497 e.